The first-order valence-electron chi connectivity index (χ1n) is 5.96. The minimum absolute atomic E-state index is 0.0832. The molecule has 1 atom stereocenters. The zero-order chi connectivity index (χ0) is 11.1. The zero-order valence-corrected chi connectivity index (χ0v) is 9.88. The van der Waals surface area contributed by atoms with Gasteiger partial charge in [0.25, 0.3) is 0 Å². The predicted molar refractivity (Wildman–Crippen MR) is 58.7 cm³/mol. The van der Waals surface area contributed by atoms with E-state index in [0.29, 0.717) is 13.0 Å². The molecule has 15 heavy (non-hydrogen) atoms. The number of hydrogen-bond donors (Lipinski definition) is 0. The average molecular weight is 214 g/mol. The van der Waals surface area contributed by atoms with Crippen molar-refractivity contribution in [1.29, 1.82) is 0 Å². The number of carbonyl (C=O) groups is 1. The van der Waals surface area contributed by atoms with Crippen molar-refractivity contribution in [3.63, 3.8) is 0 Å². The molecule has 1 unspecified atom stereocenters. The Balaban J connectivity index is 2.10. The van der Waals surface area contributed by atoms with Crippen LogP contribution in [0.1, 0.15) is 52.4 Å². The Labute approximate surface area is 92.1 Å². The van der Waals surface area contributed by atoms with Gasteiger partial charge in [-0.05, 0) is 26.2 Å². The summed E-state index contributed by atoms with van der Waals surface area (Å²) in [5.74, 6) is -0.0832. The van der Waals surface area contributed by atoms with Crippen LogP contribution in [-0.4, -0.2) is 24.8 Å². The van der Waals surface area contributed by atoms with Crippen LogP contribution in [0.3, 0.4) is 0 Å². The van der Waals surface area contributed by atoms with Gasteiger partial charge >= 0.3 is 5.97 Å². The molecule has 3 nitrogen and oxygen atoms in total. The molecule has 0 radical (unpaired) electrons. The Morgan fingerprint density at radius 3 is 2.87 bits per heavy atom. The van der Waals surface area contributed by atoms with Gasteiger partial charge in [-0.1, -0.05) is 19.8 Å². The molecular formula is C12H22O3. The maximum Gasteiger partial charge on any atom is 0.305 e. The van der Waals surface area contributed by atoms with E-state index in [0.717, 1.165) is 38.7 Å². The highest BCUT2D eigenvalue weighted by atomic mass is 16.6. The number of hydrogen-bond acceptors (Lipinski definition) is 3. The normalized spacial score (nSPS) is 25.5. The molecule has 88 valence electrons. The standard InChI is InChI=1S/C12H22O3/c1-3-4-5-7-11(13)14-10-12(2)8-6-9-15-12/h3-10H2,1-2H3. The lowest BCUT2D eigenvalue weighted by molar-refractivity contribution is -0.151. The van der Waals surface area contributed by atoms with Gasteiger partial charge in [-0.2, -0.15) is 0 Å². The molecule has 0 saturated carbocycles. The maximum absolute atomic E-state index is 11.3. The lowest BCUT2D eigenvalue weighted by Gasteiger charge is -2.22. The molecular weight excluding hydrogens is 192 g/mol. The first kappa shape index (κ1) is 12.5. The molecule has 1 saturated heterocycles. The molecule has 0 amide bonds. The molecule has 0 aromatic rings. The predicted octanol–water partition coefficient (Wildman–Crippen LogP) is 2.68. The van der Waals surface area contributed by atoms with E-state index in [1.165, 1.54) is 0 Å². The van der Waals surface area contributed by atoms with Crippen LogP contribution < -0.4 is 0 Å². The highest BCUT2D eigenvalue weighted by molar-refractivity contribution is 5.69. The van der Waals surface area contributed by atoms with Gasteiger partial charge in [-0.3, -0.25) is 4.79 Å². The van der Waals surface area contributed by atoms with Crippen LogP contribution in [0.4, 0.5) is 0 Å². The minimum Gasteiger partial charge on any atom is -0.463 e. The van der Waals surface area contributed by atoms with Gasteiger partial charge in [0.05, 0.1) is 5.60 Å². The van der Waals surface area contributed by atoms with Crippen LogP contribution >= 0.6 is 0 Å². The number of esters is 1. The number of carbonyl (C=O) groups excluding carboxylic acids is 1. The number of ether oxygens (including phenoxy) is 2. The van der Waals surface area contributed by atoms with Gasteiger partial charge in [-0.25, -0.2) is 0 Å². The van der Waals surface area contributed by atoms with Gasteiger partial charge in [-0.15, -0.1) is 0 Å². The molecule has 1 heterocycles. The molecule has 3 heteroatoms. The number of rotatable bonds is 6. The molecule has 0 bridgehead atoms. The van der Waals surface area contributed by atoms with Gasteiger partial charge in [0.1, 0.15) is 6.61 Å². The monoisotopic (exact) mass is 214 g/mol. The summed E-state index contributed by atoms with van der Waals surface area (Å²) in [4.78, 5) is 11.3. The Kier molecular flexibility index (Phi) is 5.09. The quantitative estimate of drug-likeness (QED) is 0.503. The van der Waals surface area contributed by atoms with E-state index >= 15 is 0 Å². The first-order valence-corrected chi connectivity index (χ1v) is 5.96. The fourth-order valence-electron chi connectivity index (χ4n) is 1.78. The third kappa shape index (κ3) is 4.65. The Morgan fingerprint density at radius 1 is 1.47 bits per heavy atom. The van der Waals surface area contributed by atoms with E-state index < -0.39 is 0 Å². The van der Waals surface area contributed by atoms with E-state index in [1.54, 1.807) is 0 Å². The van der Waals surface area contributed by atoms with E-state index in [9.17, 15) is 4.79 Å². The van der Waals surface area contributed by atoms with Crippen molar-refractivity contribution in [1.82, 2.24) is 0 Å². The SMILES string of the molecule is CCCCCC(=O)OCC1(C)CCCO1. The van der Waals surface area contributed by atoms with Gasteiger partial charge in [0.15, 0.2) is 0 Å². The van der Waals surface area contributed by atoms with Crippen LogP contribution in [0.25, 0.3) is 0 Å². The van der Waals surface area contributed by atoms with Crippen LogP contribution in [0, 0.1) is 0 Å². The molecule has 0 aliphatic carbocycles. The van der Waals surface area contributed by atoms with Crippen molar-refractivity contribution in [2.45, 2.75) is 58.0 Å². The van der Waals surface area contributed by atoms with Crippen LogP contribution in [-0.2, 0) is 14.3 Å². The fraction of sp³-hybridized carbons (Fsp3) is 0.917. The summed E-state index contributed by atoms with van der Waals surface area (Å²) in [6.07, 6.45) is 5.78. The van der Waals surface area contributed by atoms with Crippen LogP contribution in [0.15, 0.2) is 0 Å². The summed E-state index contributed by atoms with van der Waals surface area (Å²) in [6, 6.07) is 0. The molecule has 0 aromatic heterocycles. The summed E-state index contributed by atoms with van der Waals surface area (Å²) < 4.78 is 10.8. The largest absolute Gasteiger partial charge is 0.463 e. The maximum atomic E-state index is 11.3. The van der Waals surface area contributed by atoms with Crippen molar-refractivity contribution >= 4 is 5.97 Å². The first-order chi connectivity index (χ1) is 7.16. The summed E-state index contributed by atoms with van der Waals surface area (Å²) >= 11 is 0. The van der Waals surface area contributed by atoms with Gasteiger partial charge in [0.2, 0.25) is 0 Å². The van der Waals surface area contributed by atoms with Gasteiger partial charge < -0.3 is 9.47 Å². The number of unbranched alkanes of at least 4 members (excludes halogenated alkanes) is 2. The van der Waals surface area contributed by atoms with Crippen molar-refractivity contribution in [2.24, 2.45) is 0 Å². The lowest BCUT2D eigenvalue weighted by atomic mass is 10.0. The van der Waals surface area contributed by atoms with Crippen LogP contribution in [0.5, 0.6) is 0 Å². The van der Waals surface area contributed by atoms with Crippen molar-refractivity contribution < 1.29 is 14.3 Å². The molecule has 1 fully saturated rings. The third-order valence-electron chi connectivity index (χ3n) is 2.82. The third-order valence-corrected chi connectivity index (χ3v) is 2.82. The smallest absolute Gasteiger partial charge is 0.305 e. The molecule has 0 N–H and O–H groups in total. The second kappa shape index (κ2) is 6.11. The zero-order valence-electron chi connectivity index (χ0n) is 9.88. The van der Waals surface area contributed by atoms with E-state index in [2.05, 4.69) is 6.92 Å². The molecule has 0 aromatic carbocycles. The topological polar surface area (TPSA) is 35.5 Å². The highest BCUT2D eigenvalue weighted by Crippen LogP contribution is 2.25. The van der Waals surface area contributed by atoms with E-state index in [1.807, 2.05) is 6.92 Å². The summed E-state index contributed by atoms with van der Waals surface area (Å²) in [5.41, 5.74) is -0.222. The average Bonchev–Trinajstić information content (AvgIpc) is 2.64. The Morgan fingerprint density at radius 2 is 2.27 bits per heavy atom. The van der Waals surface area contributed by atoms with Crippen molar-refractivity contribution in [2.75, 3.05) is 13.2 Å². The summed E-state index contributed by atoms with van der Waals surface area (Å²) in [7, 11) is 0. The lowest BCUT2D eigenvalue weighted by Crippen LogP contribution is -2.31. The second-order valence-corrected chi connectivity index (χ2v) is 4.52. The Bertz CT molecular complexity index is 195. The van der Waals surface area contributed by atoms with Crippen molar-refractivity contribution in [3.8, 4) is 0 Å². The molecule has 1 aliphatic heterocycles. The van der Waals surface area contributed by atoms with E-state index in [-0.39, 0.29) is 11.6 Å². The molecule has 0 spiro atoms. The molecule has 1 rings (SSSR count). The minimum atomic E-state index is -0.222. The highest BCUT2D eigenvalue weighted by Gasteiger charge is 2.31. The van der Waals surface area contributed by atoms with Gasteiger partial charge in [0, 0.05) is 13.0 Å². The second-order valence-electron chi connectivity index (χ2n) is 4.52. The van der Waals surface area contributed by atoms with E-state index in [4.69, 9.17) is 9.47 Å². The fourth-order valence-corrected chi connectivity index (χ4v) is 1.78. The summed E-state index contributed by atoms with van der Waals surface area (Å²) in [5, 5.41) is 0. The molecule has 1 aliphatic rings. The summed E-state index contributed by atoms with van der Waals surface area (Å²) in [6.45, 7) is 5.35. The Hall–Kier alpha value is -0.570. The van der Waals surface area contributed by atoms with Crippen molar-refractivity contribution in [3.05, 3.63) is 0 Å². The van der Waals surface area contributed by atoms with Crippen LogP contribution in [0.2, 0.25) is 0 Å².